The first-order valence-corrected chi connectivity index (χ1v) is 8.66. The third-order valence-corrected chi connectivity index (χ3v) is 4.11. The van der Waals surface area contributed by atoms with Crippen molar-refractivity contribution in [3.63, 3.8) is 0 Å². The lowest BCUT2D eigenvalue weighted by Crippen LogP contribution is -2.15. The van der Waals surface area contributed by atoms with Crippen molar-refractivity contribution in [2.75, 3.05) is 12.4 Å². The molecule has 0 bridgehead atoms. The first-order chi connectivity index (χ1) is 13.5. The molecule has 0 atom stereocenters. The standard InChI is InChI=1S/C17H17ClN6O4/c1-28-17-14(24(26)27)11-22(21-17)8-7-15(25)19-16-13(18)10-23(20-16)9-12-5-3-2-4-6-12/h2-6,10-11H,7-9H2,1H3,(H,19,20,25). The number of aryl methyl sites for hydroxylation is 1. The summed E-state index contributed by atoms with van der Waals surface area (Å²) in [6.45, 7) is 0.658. The van der Waals surface area contributed by atoms with Crippen LogP contribution in [0.2, 0.25) is 5.02 Å². The van der Waals surface area contributed by atoms with E-state index in [1.807, 2.05) is 30.3 Å². The van der Waals surface area contributed by atoms with Gasteiger partial charge in [-0.25, -0.2) is 0 Å². The zero-order valence-corrected chi connectivity index (χ0v) is 15.7. The predicted octanol–water partition coefficient (Wildman–Crippen LogP) is 2.73. The number of hydrogen-bond acceptors (Lipinski definition) is 6. The van der Waals surface area contributed by atoms with E-state index in [0.29, 0.717) is 11.6 Å². The summed E-state index contributed by atoms with van der Waals surface area (Å²) in [5, 5.41) is 22.1. The van der Waals surface area contributed by atoms with Crippen molar-refractivity contribution in [1.29, 1.82) is 0 Å². The number of ether oxygens (including phenoxy) is 1. The Bertz CT molecular complexity index is 985. The molecule has 0 aliphatic carbocycles. The van der Waals surface area contributed by atoms with Crippen LogP contribution < -0.4 is 10.1 Å². The van der Waals surface area contributed by atoms with Crippen LogP contribution in [0.5, 0.6) is 5.88 Å². The molecule has 1 aromatic carbocycles. The van der Waals surface area contributed by atoms with E-state index in [0.717, 1.165) is 5.56 Å². The van der Waals surface area contributed by atoms with Gasteiger partial charge in [0.15, 0.2) is 5.82 Å². The molecular formula is C17H17ClN6O4. The molecule has 0 spiro atoms. The summed E-state index contributed by atoms with van der Waals surface area (Å²) >= 11 is 6.14. The minimum absolute atomic E-state index is 0.0316. The number of anilines is 1. The molecule has 0 radical (unpaired) electrons. The molecule has 2 aromatic heterocycles. The monoisotopic (exact) mass is 404 g/mol. The Balaban J connectivity index is 1.58. The van der Waals surface area contributed by atoms with Crippen LogP contribution >= 0.6 is 11.6 Å². The van der Waals surface area contributed by atoms with E-state index in [1.165, 1.54) is 18.0 Å². The fourth-order valence-corrected chi connectivity index (χ4v) is 2.72. The van der Waals surface area contributed by atoms with E-state index in [-0.39, 0.29) is 36.3 Å². The maximum absolute atomic E-state index is 12.2. The quantitative estimate of drug-likeness (QED) is 0.455. The van der Waals surface area contributed by atoms with Gasteiger partial charge in [-0.1, -0.05) is 41.9 Å². The van der Waals surface area contributed by atoms with Crippen LogP contribution in [0.15, 0.2) is 42.7 Å². The van der Waals surface area contributed by atoms with Crippen molar-refractivity contribution in [3.05, 3.63) is 63.4 Å². The molecule has 0 aliphatic heterocycles. The summed E-state index contributed by atoms with van der Waals surface area (Å²) in [5.74, 6) is -0.191. The Morgan fingerprint density at radius 1 is 1.25 bits per heavy atom. The number of rotatable bonds is 8. The fraction of sp³-hybridized carbons (Fsp3) is 0.235. The van der Waals surface area contributed by atoms with Crippen molar-refractivity contribution in [2.24, 2.45) is 0 Å². The highest BCUT2D eigenvalue weighted by Gasteiger charge is 2.20. The Hall–Kier alpha value is -3.40. The summed E-state index contributed by atoms with van der Waals surface area (Å²) in [7, 11) is 1.29. The molecule has 1 N–H and O–H groups in total. The van der Waals surface area contributed by atoms with Crippen LogP contribution in [-0.2, 0) is 17.9 Å². The van der Waals surface area contributed by atoms with Crippen LogP contribution in [0.1, 0.15) is 12.0 Å². The highest BCUT2D eigenvalue weighted by molar-refractivity contribution is 6.33. The van der Waals surface area contributed by atoms with Gasteiger partial charge in [-0.3, -0.25) is 24.3 Å². The van der Waals surface area contributed by atoms with Crippen LogP contribution in [-0.4, -0.2) is 37.5 Å². The minimum atomic E-state index is -0.596. The van der Waals surface area contributed by atoms with Gasteiger partial charge in [-0.05, 0) is 5.56 Å². The molecule has 0 aliphatic rings. The highest BCUT2D eigenvalue weighted by Crippen LogP contribution is 2.24. The Kier molecular flexibility index (Phi) is 5.90. The molecule has 3 aromatic rings. The Morgan fingerprint density at radius 3 is 2.64 bits per heavy atom. The van der Waals surface area contributed by atoms with Crippen LogP contribution in [0.4, 0.5) is 11.5 Å². The van der Waals surface area contributed by atoms with E-state index < -0.39 is 4.92 Å². The lowest BCUT2D eigenvalue weighted by Gasteiger charge is -2.03. The number of methoxy groups -OCH3 is 1. The summed E-state index contributed by atoms with van der Waals surface area (Å²) in [4.78, 5) is 22.5. The molecule has 0 fully saturated rings. The van der Waals surface area contributed by atoms with Crippen molar-refractivity contribution in [3.8, 4) is 5.88 Å². The topological polar surface area (TPSA) is 117 Å². The Labute approximate surface area is 164 Å². The van der Waals surface area contributed by atoms with Crippen LogP contribution in [0, 0.1) is 10.1 Å². The molecule has 3 rings (SSSR count). The second-order valence-electron chi connectivity index (χ2n) is 5.85. The number of nitrogens with one attached hydrogen (secondary N) is 1. The zero-order chi connectivity index (χ0) is 20.1. The smallest absolute Gasteiger partial charge is 0.350 e. The number of nitrogens with zero attached hydrogens (tertiary/aromatic N) is 5. The minimum Gasteiger partial charge on any atom is -0.475 e. The average Bonchev–Trinajstić information content (AvgIpc) is 3.24. The average molecular weight is 405 g/mol. The molecule has 0 saturated heterocycles. The third kappa shape index (κ3) is 4.65. The normalized spacial score (nSPS) is 10.6. The zero-order valence-electron chi connectivity index (χ0n) is 14.9. The van der Waals surface area contributed by atoms with Gasteiger partial charge in [-0.2, -0.15) is 5.10 Å². The van der Waals surface area contributed by atoms with Gasteiger partial charge in [0.25, 0.3) is 0 Å². The molecule has 1 amide bonds. The van der Waals surface area contributed by atoms with Crippen molar-refractivity contribution >= 4 is 29.0 Å². The van der Waals surface area contributed by atoms with E-state index in [9.17, 15) is 14.9 Å². The first kappa shape index (κ1) is 19.4. The molecule has 28 heavy (non-hydrogen) atoms. The second-order valence-corrected chi connectivity index (χ2v) is 6.26. The maximum atomic E-state index is 12.2. The number of nitro groups is 1. The van der Waals surface area contributed by atoms with E-state index in [4.69, 9.17) is 16.3 Å². The third-order valence-electron chi connectivity index (χ3n) is 3.83. The van der Waals surface area contributed by atoms with Gasteiger partial charge in [0.05, 0.1) is 25.1 Å². The van der Waals surface area contributed by atoms with Crippen LogP contribution in [0.25, 0.3) is 0 Å². The van der Waals surface area contributed by atoms with Gasteiger partial charge in [0.1, 0.15) is 11.2 Å². The lowest BCUT2D eigenvalue weighted by molar-refractivity contribution is -0.385. The number of benzene rings is 1. The van der Waals surface area contributed by atoms with Gasteiger partial charge >= 0.3 is 11.6 Å². The number of halogens is 1. The first-order valence-electron chi connectivity index (χ1n) is 8.29. The van der Waals surface area contributed by atoms with Gasteiger partial charge < -0.3 is 10.1 Å². The van der Waals surface area contributed by atoms with E-state index >= 15 is 0 Å². The summed E-state index contributed by atoms with van der Waals surface area (Å²) < 4.78 is 7.77. The number of amides is 1. The number of carbonyl (C=O) groups excluding carboxylic acids is 1. The number of aromatic nitrogens is 4. The molecule has 0 unspecified atom stereocenters. The van der Waals surface area contributed by atoms with Crippen LogP contribution in [0.3, 0.4) is 0 Å². The summed E-state index contributed by atoms with van der Waals surface area (Å²) in [6, 6.07) is 9.71. The number of carbonyl (C=O) groups is 1. The molecule has 10 nitrogen and oxygen atoms in total. The second kappa shape index (κ2) is 8.53. The molecule has 2 heterocycles. The SMILES string of the molecule is COc1nn(CCC(=O)Nc2nn(Cc3ccccc3)cc2Cl)cc1[N+](=O)[O-]. The van der Waals surface area contributed by atoms with E-state index in [2.05, 4.69) is 15.5 Å². The Morgan fingerprint density at radius 2 is 2.00 bits per heavy atom. The fourth-order valence-electron chi connectivity index (χ4n) is 2.52. The van der Waals surface area contributed by atoms with Crippen molar-refractivity contribution in [1.82, 2.24) is 19.6 Å². The van der Waals surface area contributed by atoms with Crippen molar-refractivity contribution in [2.45, 2.75) is 19.5 Å². The highest BCUT2D eigenvalue weighted by atomic mass is 35.5. The molecular weight excluding hydrogens is 388 g/mol. The van der Waals surface area contributed by atoms with Crippen molar-refractivity contribution < 1.29 is 14.5 Å². The predicted molar refractivity (Wildman–Crippen MR) is 101 cm³/mol. The molecule has 146 valence electrons. The number of hydrogen-bond donors (Lipinski definition) is 1. The van der Waals surface area contributed by atoms with Gasteiger partial charge in [0, 0.05) is 12.6 Å². The van der Waals surface area contributed by atoms with Gasteiger partial charge in [-0.15, -0.1) is 5.10 Å². The lowest BCUT2D eigenvalue weighted by atomic mass is 10.2. The molecule has 11 heteroatoms. The molecule has 0 saturated carbocycles. The maximum Gasteiger partial charge on any atom is 0.350 e. The van der Waals surface area contributed by atoms with E-state index in [1.54, 1.807) is 10.9 Å². The summed E-state index contributed by atoms with van der Waals surface area (Å²) in [5.41, 5.74) is 0.791. The largest absolute Gasteiger partial charge is 0.475 e. The summed E-state index contributed by atoms with van der Waals surface area (Å²) in [6.07, 6.45) is 2.88. The van der Waals surface area contributed by atoms with Gasteiger partial charge in [0.2, 0.25) is 5.91 Å².